The molecule has 1 aliphatic rings. The molecule has 3 N–H and O–H groups in total. The highest BCUT2D eigenvalue weighted by atomic mass is 16.2. The molecular formula is C20H19N5O2. The molecule has 1 saturated heterocycles. The summed E-state index contributed by atoms with van der Waals surface area (Å²) in [6, 6.07) is 18.8. The number of benzene rings is 2. The first-order valence-corrected chi connectivity index (χ1v) is 8.69. The summed E-state index contributed by atoms with van der Waals surface area (Å²) in [6.45, 7) is 0.895. The molecule has 27 heavy (non-hydrogen) atoms. The second-order valence-corrected chi connectivity index (χ2v) is 6.33. The van der Waals surface area contributed by atoms with Gasteiger partial charge in [0.15, 0.2) is 5.82 Å². The van der Waals surface area contributed by atoms with E-state index >= 15 is 0 Å². The van der Waals surface area contributed by atoms with Crippen LogP contribution >= 0.6 is 0 Å². The van der Waals surface area contributed by atoms with Crippen LogP contribution in [0.2, 0.25) is 0 Å². The number of aromatic nitrogens is 2. The SMILES string of the molecule is Nc1n[nH]c(C(=O)N2CCN(c3ccccc3)C(=O)C2)c1-c1ccccc1. The number of anilines is 2. The number of piperazine rings is 1. The fourth-order valence-electron chi connectivity index (χ4n) is 3.29. The normalized spacial score (nSPS) is 14.4. The molecule has 2 aromatic carbocycles. The van der Waals surface area contributed by atoms with Gasteiger partial charge in [-0.2, -0.15) is 5.10 Å². The first-order chi connectivity index (χ1) is 13.1. The van der Waals surface area contributed by atoms with Crippen LogP contribution in [0.15, 0.2) is 60.7 Å². The number of nitrogens with zero attached hydrogens (tertiary/aromatic N) is 3. The van der Waals surface area contributed by atoms with E-state index in [9.17, 15) is 9.59 Å². The molecular weight excluding hydrogens is 342 g/mol. The van der Waals surface area contributed by atoms with Gasteiger partial charge in [0.1, 0.15) is 12.2 Å². The molecule has 0 saturated carbocycles. The number of nitrogens with one attached hydrogen (secondary N) is 1. The van der Waals surface area contributed by atoms with E-state index in [0.29, 0.717) is 24.3 Å². The quantitative estimate of drug-likeness (QED) is 0.747. The highest BCUT2D eigenvalue weighted by molar-refractivity contribution is 6.05. The Hall–Kier alpha value is -3.61. The van der Waals surface area contributed by atoms with E-state index in [1.54, 1.807) is 4.90 Å². The lowest BCUT2D eigenvalue weighted by Crippen LogP contribution is -2.52. The third-order valence-electron chi connectivity index (χ3n) is 4.65. The molecule has 1 aromatic heterocycles. The molecule has 3 aromatic rings. The van der Waals surface area contributed by atoms with Gasteiger partial charge < -0.3 is 15.5 Å². The molecule has 0 radical (unpaired) electrons. The summed E-state index contributed by atoms with van der Waals surface area (Å²) in [5.74, 6) is -0.132. The van der Waals surface area contributed by atoms with Gasteiger partial charge in [0.25, 0.3) is 5.91 Å². The Morgan fingerprint density at radius 1 is 1.00 bits per heavy atom. The molecule has 1 aliphatic heterocycles. The largest absolute Gasteiger partial charge is 0.382 e. The third-order valence-corrected chi connectivity index (χ3v) is 4.65. The molecule has 0 aliphatic carbocycles. The van der Waals surface area contributed by atoms with Gasteiger partial charge in [-0.1, -0.05) is 48.5 Å². The maximum absolute atomic E-state index is 13.0. The standard InChI is InChI=1S/C20H19N5O2/c21-19-17(14-7-3-1-4-8-14)18(22-23-19)20(27)24-11-12-25(16(26)13-24)15-9-5-2-6-10-15/h1-10H,11-13H2,(H3,21,22,23). The van der Waals surface area contributed by atoms with E-state index in [2.05, 4.69) is 10.2 Å². The summed E-state index contributed by atoms with van der Waals surface area (Å²) in [7, 11) is 0. The van der Waals surface area contributed by atoms with E-state index in [0.717, 1.165) is 11.3 Å². The van der Waals surface area contributed by atoms with Crippen LogP contribution in [0.25, 0.3) is 11.1 Å². The Balaban J connectivity index is 1.56. The summed E-state index contributed by atoms with van der Waals surface area (Å²) in [6.07, 6.45) is 0. The van der Waals surface area contributed by atoms with Crippen molar-refractivity contribution in [1.29, 1.82) is 0 Å². The summed E-state index contributed by atoms with van der Waals surface area (Å²) >= 11 is 0. The van der Waals surface area contributed by atoms with Gasteiger partial charge in [0.2, 0.25) is 5.91 Å². The van der Waals surface area contributed by atoms with Crippen molar-refractivity contribution in [3.8, 4) is 11.1 Å². The minimum absolute atomic E-state index is 0.0148. The predicted octanol–water partition coefficient (Wildman–Crippen LogP) is 2.15. The summed E-state index contributed by atoms with van der Waals surface area (Å²) < 4.78 is 0. The van der Waals surface area contributed by atoms with Crippen LogP contribution in [-0.2, 0) is 4.79 Å². The van der Waals surface area contributed by atoms with E-state index < -0.39 is 0 Å². The second-order valence-electron chi connectivity index (χ2n) is 6.33. The van der Waals surface area contributed by atoms with Gasteiger partial charge in [-0.15, -0.1) is 0 Å². The number of hydrogen-bond donors (Lipinski definition) is 2. The highest BCUT2D eigenvalue weighted by Crippen LogP contribution is 2.29. The molecule has 0 bridgehead atoms. The molecule has 1 fully saturated rings. The summed E-state index contributed by atoms with van der Waals surface area (Å²) in [5.41, 5.74) is 8.50. The van der Waals surface area contributed by atoms with Gasteiger partial charge in [0, 0.05) is 18.8 Å². The first-order valence-electron chi connectivity index (χ1n) is 8.69. The molecule has 0 spiro atoms. The number of carbonyl (C=O) groups is 2. The van der Waals surface area contributed by atoms with Crippen molar-refractivity contribution in [1.82, 2.24) is 15.1 Å². The van der Waals surface area contributed by atoms with Crippen LogP contribution in [0, 0.1) is 0 Å². The minimum atomic E-state index is -0.279. The Morgan fingerprint density at radius 3 is 2.33 bits per heavy atom. The van der Waals surface area contributed by atoms with Gasteiger partial charge in [-0.25, -0.2) is 0 Å². The van der Waals surface area contributed by atoms with Crippen LogP contribution in [0.3, 0.4) is 0 Å². The first kappa shape index (κ1) is 16.8. The topological polar surface area (TPSA) is 95.3 Å². The summed E-state index contributed by atoms with van der Waals surface area (Å²) in [5, 5.41) is 6.74. The number of nitrogen functional groups attached to an aromatic ring is 1. The lowest BCUT2D eigenvalue weighted by atomic mass is 10.0. The number of H-pyrrole nitrogens is 1. The van der Waals surface area contributed by atoms with Gasteiger partial charge in [-0.05, 0) is 17.7 Å². The maximum Gasteiger partial charge on any atom is 0.273 e. The molecule has 7 nitrogen and oxygen atoms in total. The average molecular weight is 361 g/mol. The fourth-order valence-corrected chi connectivity index (χ4v) is 3.29. The van der Waals surface area contributed by atoms with Crippen molar-refractivity contribution in [2.75, 3.05) is 30.3 Å². The Morgan fingerprint density at radius 2 is 1.67 bits per heavy atom. The number of amides is 2. The maximum atomic E-state index is 13.0. The molecule has 0 unspecified atom stereocenters. The monoisotopic (exact) mass is 361 g/mol. The molecule has 0 atom stereocenters. The number of aromatic amines is 1. The van der Waals surface area contributed by atoms with Crippen molar-refractivity contribution in [3.63, 3.8) is 0 Å². The minimum Gasteiger partial charge on any atom is -0.382 e. The summed E-state index contributed by atoms with van der Waals surface area (Å²) in [4.78, 5) is 28.8. The van der Waals surface area contributed by atoms with Crippen LogP contribution in [-0.4, -0.2) is 46.5 Å². The van der Waals surface area contributed by atoms with Crippen molar-refractivity contribution in [3.05, 3.63) is 66.4 Å². The molecule has 2 heterocycles. The van der Waals surface area contributed by atoms with Crippen molar-refractivity contribution in [2.24, 2.45) is 0 Å². The van der Waals surface area contributed by atoms with Crippen LogP contribution in [0.1, 0.15) is 10.5 Å². The zero-order chi connectivity index (χ0) is 18.8. The number of para-hydroxylation sites is 1. The van der Waals surface area contributed by atoms with Gasteiger partial charge in [-0.3, -0.25) is 14.7 Å². The van der Waals surface area contributed by atoms with Crippen molar-refractivity contribution in [2.45, 2.75) is 0 Å². The Labute approximate surface area is 156 Å². The zero-order valence-electron chi connectivity index (χ0n) is 14.6. The predicted molar refractivity (Wildman–Crippen MR) is 103 cm³/mol. The fraction of sp³-hybridized carbons (Fsp3) is 0.150. The van der Waals surface area contributed by atoms with Crippen LogP contribution in [0.4, 0.5) is 11.5 Å². The molecule has 136 valence electrons. The number of hydrogen-bond acceptors (Lipinski definition) is 4. The molecule has 4 rings (SSSR count). The second kappa shape index (κ2) is 6.95. The molecule has 2 amide bonds. The lowest BCUT2D eigenvalue weighted by Gasteiger charge is -2.34. The molecule has 7 heteroatoms. The third kappa shape index (κ3) is 3.15. The van der Waals surface area contributed by atoms with E-state index in [1.165, 1.54) is 4.90 Å². The van der Waals surface area contributed by atoms with E-state index in [-0.39, 0.29) is 24.2 Å². The van der Waals surface area contributed by atoms with E-state index in [1.807, 2.05) is 60.7 Å². The zero-order valence-corrected chi connectivity index (χ0v) is 14.6. The number of nitrogens with two attached hydrogens (primary N) is 1. The van der Waals surface area contributed by atoms with Crippen molar-refractivity contribution < 1.29 is 9.59 Å². The average Bonchev–Trinajstić information content (AvgIpc) is 3.10. The Bertz CT molecular complexity index is 969. The Kier molecular flexibility index (Phi) is 4.33. The number of rotatable bonds is 3. The smallest absolute Gasteiger partial charge is 0.273 e. The van der Waals surface area contributed by atoms with Gasteiger partial charge >= 0.3 is 0 Å². The van der Waals surface area contributed by atoms with Crippen LogP contribution < -0.4 is 10.6 Å². The van der Waals surface area contributed by atoms with E-state index in [4.69, 9.17) is 5.73 Å². The lowest BCUT2D eigenvalue weighted by molar-refractivity contribution is -0.120. The van der Waals surface area contributed by atoms with Gasteiger partial charge in [0.05, 0.1) is 5.56 Å². The van der Waals surface area contributed by atoms with Crippen LogP contribution in [0.5, 0.6) is 0 Å². The number of carbonyl (C=O) groups excluding carboxylic acids is 2. The highest BCUT2D eigenvalue weighted by Gasteiger charge is 2.31. The van der Waals surface area contributed by atoms with Crippen molar-refractivity contribution >= 4 is 23.3 Å².